The molecule has 0 fully saturated rings. The molecule has 0 radical (unpaired) electrons. The van der Waals surface area contributed by atoms with E-state index < -0.39 is 0 Å². The van der Waals surface area contributed by atoms with E-state index in [0.29, 0.717) is 5.56 Å². The summed E-state index contributed by atoms with van der Waals surface area (Å²) in [7, 11) is 9.65. The second kappa shape index (κ2) is 7.79. The van der Waals surface area contributed by atoms with Crippen molar-refractivity contribution in [3.63, 3.8) is 0 Å². The van der Waals surface area contributed by atoms with E-state index in [1.165, 1.54) is 40.8 Å². The van der Waals surface area contributed by atoms with Gasteiger partial charge in [-0.25, -0.2) is 9.37 Å². The van der Waals surface area contributed by atoms with Crippen molar-refractivity contribution in [2.75, 3.05) is 40.2 Å². The molecule has 2 aromatic carbocycles. The molecule has 4 rings (SSSR count). The van der Waals surface area contributed by atoms with Gasteiger partial charge in [0.2, 0.25) is 0 Å². The third kappa shape index (κ3) is 3.39. The van der Waals surface area contributed by atoms with Gasteiger partial charge in [-0.1, -0.05) is 24.3 Å². The number of carbonyl (C=O) groups is 1. The van der Waals surface area contributed by atoms with E-state index >= 15 is 0 Å². The van der Waals surface area contributed by atoms with Crippen LogP contribution in [0.2, 0.25) is 0 Å². The lowest BCUT2D eigenvalue weighted by Gasteiger charge is -2.28. The Hall–Kier alpha value is -3.40. The molecule has 0 bridgehead atoms. The third-order valence-corrected chi connectivity index (χ3v) is 5.73. The normalized spacial score (nSPS) is 14.7. The van der Waals surface area contributed by atoms with Crippen LogP contribution in [-0.2, 0) is 11.2 Å². The van der Waals surface area contributed by atoms with Gasteiger partial charge >= 0.3 is 5.97 Å². The Balaban J connectivity index is 2.02. The van der Waals surface area contributed by atoms with Crippen molar-refractivity contribution in [2.24, 2.45) is 0 Å². The number of carbonyl (C=O) groups excluding carboxylic acids is 1. The molecule has 2 aliphatic rings. The van der Waals surface area contributed by atoms with Gasteiger partial charge in [-0.3, -0.25) is 0 Å². The highest BCUT2D eigenvalue weighted by Gasteiger charge is 2.28. The first-order valence-corrected chi connectivity index (χ1v) is 10.1. The largest absolute Gasteiger partial charge is 0.465 e. The Bertz CT molecular complexity index is 1160. The predicted molar refractivity (Wildman–Crippen MR) is 123 cm³/mol. The Morgan fingerprint density at radius 1 is 1.03 bits per heavy atom. The molecule has 0 N–H and O–H groups in total. The zero-order valence-corrected chi connectivity index (χ0v) is 18.2. The van der Waals surface area contributed by atoms with Crippen LogP contribution in [0.3, 0.4) is 0 Å². The highest BCUT2D eigenvalue weighted by Crippen LogP contribution is 2.42. The van der Waals surface area contributed by atoms with Crippen LogP contribution in [0.5, 0.6) is 0 Å². The Morgan fingerprint density at radius 3 is 2.50 bits per heavy atom. The lowest BCUT2D eigenvalue weighted by Crippen LogP contribution is -2.18. The highest BCUT2D eigenvalue weighted by molar-refractivity contribution is 6.07. The first-order valence-electron chi connectivity index (χ1n) is 10.1. The van der Waals surface area contributed by atoms with Crippen LogP contribution >= 0.6 is 0 Å². The van der Waals surface area contributed by atoms with E-state index in [9.17, 15) is 4.79 Å². The van der Waals surface area contributed by atoms with Gasteiger partial charge in [0.15, 0.2) is 5.71 Å². The zero-order chi connectivity index (χ0) is 21.4. The number of hydrogen-bond donors (Lipinski definition) is 0. The SMILES string of the molecule is COC(=O)c1ccccc1C1=C2C=CC(=[N+](C)C)C=C2Cc2cc(N(C)C)ccc21. The lowest BCUT2D eigenvalue weighted by molar-refractivity contribution is -0.462. The first kappa shape index (κ1) is 19.9. The highest BCUT2D eigenvalue weighted by atomic mass is 16.5. The molecule has 4 heteroatoms. The van der Waals surface area contributed by atoms with Crippen LogP contribution in [0.4, 0.5) is 5.69 Å². The Labute approximate surface area is 178 Å². The van der Waals surface area contributed by atoms with Crippen LogP contribution in [0.25, 0.3) is 5.57 Å². The minimum Gasteiger partial charge on any atom is -0.465 e. The van der Waals surface area contributed by atoms with Crippen LogP contribution in [0.1, 0.15) is 27.0 Å². The molecule has 4 nitrogen and oxygen atoms in total. The number of anilines is 1. The van der Waals surface area contributed by atoms with Gasteiger partial charge in [0.25, 0.3) is 0 Å². The fourth-order valence-corrected chi connectivity index (χ4v) is 4.13. The number of methoxy groups -OCH3 is 1. The molecule has 2 aliphatic carbocycles. The van der Waals surface area contributed by atoms with Crippen molar-refractivity contribution in [2.45, 2.75) is 6.42 Å². The molecule has 0 heterocycles. The topological polar surface area (TPSA) is 32.6 Å². The summed E-state index contributed by atoms with van der Waals surface area (Å²) < 4.78 is 7.20. The van der Waals surface area contributed by atoms with E-state index in [0.717, 1.165) is 17.6 Å². The van der Waals surface area contributed by atoms with Crippen molar-refractivity contribution in [1.82, 2.24) is 0 Å². The number of fused-ring (bicyclic) bond motifs is 2. The average Bonchev–Trinajstić information content (AvgIpc) is 2.76. The molecule has 0 spiro atoms. The molecule has 0 unspecified atom stereocenters. The number of hydrogen-bond acceptors (Lipinski definition) is 3. The predicted octanol–water partition coefficient (Wildman–Crippen LogP) is 4.11. The number of allylic oxidation sites excluding steroid dienone is 5. The zero-order valence-electron chi connectivity index (χ0n) is 18.2. The van der Waals surface area contributed by atoms with Gasteiger partial charge in [0.05, 0.1) is 12.7 Å². The molecule has 30 heavy (non-hydrogen) atoms. The minimum absolute atomic E-state index is 0.318. The van der Waals surface area contributed by atoms with E-state index in [2.05, 4.69) is 74.1 Å². The molecule has 2 aromatic rings. The Kier molecular flexibility index (Phi) is 5.17. The lowest BCUT2D eigenvalue weighted by atomic mass is 9.76. The average molecular weight is 400 g/mol. The monoisotopic (exact) mass is 399 g/mol. The quantitative estimate of drug-likeness (QED) is 0.575. The van der Waals surface area contributed by atoms with Crippen molar-refractivity contribution in [3.05, 3.63) is 94.1 Å². The smallest absolute Gasteiger partial charge is 0.338 e. The van der Waals surface area contributed by atoms with Crippen LogP contribution in [0, 0.1) is 0 Å². The molecule has 0 atom stereocenters. The summed E-state index contributed by atoms with van der Waals surface area (Å²) in [5.41, 5.74) is 9.78. The van der Waals surface area contributed by atoms with E-state index in [-0.39, 0.29) is 5.97 Å². The molecule has 0 aromatic heterocycles. The van der Waals surface area contributed by atoms with Gasteiger partial charge in [0, 0.05) is 31.9 Å². The summed E-state index contributed by atoms with van der Waals surface area (Å²) in [4.78, 5) is 14.7. The maximum atomic E-state index is 12.5. The number of rotatable bonds is 3. The van der Waals surface area contributed by atoms with Gasteiger partial charge in [-0.15, -0.1) is 0 Å². The third-order valence-electron chi connectivity index (χ3n) is 5.73. The van der Waals surface area contributed by atoms with Gasteiger partial charge in [0.1, 0.15) is 14.1 Å². The minimum atomic E-state index is -0.318. The number of nitrogens with zero attached hydrogens (tertiary/aromatic N) is 2. The van der Waals surface area contributed by atoms with Gasteiger partial charge < -0.3 is 9.64 Å². The van der Waals surface area contributed by atoms with Crippen LogP contribution in [-0.4, -0.2) is 51.6 Å². The molecular weight excluding hydrogens is 372 g/mol. The molecule has 0 aliphatic heterocycles. The summed E-state index contributed by atoms with van der Waals surface area (Å²) in [6, 6.07) is 14.3. The molecule has 0 amide bonds. The molecule has 0 saturated carbocycles. The first-order chi connectivity index (χ1) is 14.4. The number of ether oxygens (including phenoxy) is 1. The van der Waals surface area contributed by atoms with E-state index in [1.807, 2.05) is 24.3 Å². The van der Waals surface area contributed by atoms with Crippen molar-refractivity contribution >= 4 is 22.9 Å². The number of esters is 1. The molecular formula is C26H27N2O2+. The summed E-state index contributed by atoms with van der Waals surface area (Å²) in [6.07, 6.45) is 7.43. The second-order valence-corrected chi connectivity index (χ2v) is 8.06. The summed E-state index contributed by atoms with van der Waals surface area (Å²) in [5, 5.41) is 0. The number of benzene rings is 2. The van der Waals surface area contributed by atoms with E-state index in [1.54, 1.807) is 0 Å². The van der Waals surface area contributed by atoms with Crippen LogP contribution < -0.4 is 4.90 Å². The maximum absolute atomic E-state index is 12.5. The van der Waals surface area contributed by atoms with Gasteiger partial charge in [-0.2, -0.15) is 0 Å². The van der Waals surface area contributed by atoms with E-state index in [4.69, 9.17) is 4.74 Å². The summed E-state index contributed by atoms with van der Waals surface area (Å²) in [6.45, 7) is 0. The fraction of sp³-hybridized carbons (Fsp3) is 0.231. The van der Waals surface area contributed by atoms with Gasteiger partial charge in [-0.05, 0) is 64.1 Å². The van der Waals surface area contributed by atoms with Crippen molar-refractivity contribution < 1.29 is 14.1 Å². The standard InChI is InChI=1S/C26H27N2O2/c1-27(2)19-10-12-21-17(15-19)14-18-16-20(28(3)4)11-13-22(18)25(21)23-8-6-7-9-24(23)26(29)30-5/h6-13,15-16H,14H2,1-5H3/q+1. The molecule has 0 saturated heterocycles. The maximum Gasteiger partial charge on any atom is 0.338 e. The van der Waals surface area contributed by atoms with Crippen molar-refractivity contribution in [1.29, 1.82) is 0 Å². The Morgan fingerprint density at radius 2 is 1.80 bits per heavy atom. The fourth-order valence-electron chi connectivity index (χ4n) is 4.13. The summed E-state index contributed by atoms with van der Waals surface area (Å²) in [5.74, 6) is -0.318. The summed E-state index contributed by atoms with van der Waals surface area (Å²) >= 11 is 0. The van der Waals surface area contributed by atoms with Crippen molar-refractivity contribution in [3.8, 4) is 0 Å². The van der Waals surface area contributed by atoms with Crippen LogP contribution in [0.15, 0.2) is 71.8 Å². The molecule has 152 valence electrons. The second-order valence-electron chi connectivity index (χ2n) is 8.06.